The summed E-state index contributed by atoms with van der Waals surface area (Å²) in [4.78, 5) is 24.1. The number of hydrogen-bond donors (Lipinski definition) is 1. The molecule has 4 rings (SSSR count). The summed E-state index contributed by atoms with van der Waals surface area (Å²) in [5.74, 6) is -0.0983. The fourth-order valence-electron chi connectivity index (χ4n) is 3.36. The van der Waals surface area contributed by atoms with Gasteiger partial charge in [-0.05, 0) is 42.7 Å². The number of aromatic nitrogens is 2. The summed E-state index contributed by atoms with van der Waals surface area (Å²) in [6.45, 7) is 4.44. The van der Waals surface area contributed by atoms with Gasteiger partial charge in [-0.25, -0.2) is 9.97 Å². The highest BCUT2D eigenvalue weighted by atomic mass is 32.2. The monoisotopic (exact) mass is 484 g/mol. The number of benzene rings is 2. The number of nitrogens with two attached hydrogens (primary N) is 1. The Hall–Kier alpha value is -3.92. The van der Waals surface area contributed by atoms with Gasteiger partial charge in [0.1, 0.15) is 23.0 Å². The molecule has 4 aromatic rings. The van der Waals surface area contributed by atoms with E-state index in [0.29, 0.717) is 16.7 Å². The maximum atomic E-state index is 13.4. The zero-order chi connectivity index (χ0) is 24.2. The third-order valence-corrected chi connectivity index (χ3v) is 7.40. The number of thiazole rings is 1. The standard InChI is InChI=1S/C25H20N6OS2/c1-15-8-9-20-22(16(15)2)29-25(34-20)31(13-17-6-4-3-5-7-17)21(32)14-33-24-19(12-27)10-18(11-26)23(28)30-24/h3-10H,13-14H2,1-2H3,(H2,28,30). The average Bonchev–Trinajstić information content (AvgIpc) is 3.29. The van der Waals surface area contributed by atoms with Crippen LogP contribution in [-0.2, 0) is 11.3 Å². The van der Waals surface area contributed by atoms with Crippen LogP contribution >= 0.6 is 23.1 Å². The van der Waals surface area contributed by atoms with Crippen LogP contribution in [-0.4, -0.2) is 21.6 Å². The van der Waals surface area contributed by atoms with Crippen molar-refractivity contribution >= 4 is 50.2 Å². The molecule has 0 aliphatic carbocycles. The molecule has 0 radical (unpaired) electrons. The van der Waals surface area contributed by atoms with Gasteiger partial charge in [-0.3, -0.25) is 9.69 Å². The van der Waals surface area contributed by atoms with Crippen LogP contribution < -0.4 is 10.6 Å². The third kappa shape index (κ3) is 4.72. The van der Waals surface area contributed by atoms with E-state index < -0.39 is 0 Å². The zero-order valence-corrected chi connectivity index (χ0v) is 20.2. The first-order chi connectivity index (χ1) is 16.4. The van der Waals surface area contributed by atoms with E-state index in [1.807, 2.05) is 62.4 Å². The van der Waals surface area contributed by atoms with Crippen molar-refractivity contribution in [2.45, 2.75) is 25.4 Å². The molecule has 2 heterocycles. The second kappa shape index (κ2) is 9.92. The molecule has 0 bridgehead atoms. The van der Waals surface area contributed by atoms with Gasteiger partial charge in [0.05, 0.1) is 33.6 Å². The lowest BCUT2D eigenvalue weighted by Crippen LogP contribution is -2.31. The maximum Gasteiger partial charge on any atom is 0.239 e. The molecule has 2 aromatic heterocycles. The van der Waals surface area contributed by atoms with Gasteiger partial charge in [0.2, 0.25) is 5.91 Å². The van der Waals surface area contributed by atoms with Gasteiger partial charge in [0, 0.05) is 0 Å². The number of carbonyl (C=O) groups is 1. The molecular weight excluding hydrogens is 464 g/mol. The molecule has 168 valence electrons. The van der Waals surface area contributed by atoms with Crippen molar-refractivity contribution < 1.29 is 4.79 Å². The van der Waals surface area contributed by atoms with Gasteiger partial charge < -0.3 is 5.73 Å². The lowest BCUT2D eigenvalue weighted by molar-refractivity contribution is -0.116. The summed E-state index contributed by atoms with van der Waals surface area (Å²) in [6, 6.07) is 19.2. The summed E-state index contributed by atoms with van der Waals surface area (Å²) >= 11 is 2.59. The van der Waals surface area contributed by atoms with Gasteiger partial charge in [0.15, 0.2) is 5.13 Å². The van der Waals surface area contributed by atoms with E-state index in [1.54, 1.807) is 4.90 Å². The first-order valence-electron chi connectivity index (χ1n) is 10.4. The van der Waals surface area contributed by atoms with Crippen LogP contribution in [0.5, 0.6) is 0 Å². The number of nitrogen functional groups attached to an aromatic ring is 1. The molecule has 0 atom stereocenters. The number of fused-ring (bicyclic) bond motifs is 1. The predicted octanol–water partition coefficient (Wildman–Crippen LogP) is 4.96. The highest BCUT2D eigenvalue weighted by Gasteiger charge is 2.22. The van der Waals surface area contributed by atoms with Crippen LogP contribution in [0.15, 0.2) is 53.6 Å². The lowest BCUT2D eigenvalue weighted by Gasteiger charge is -2.20. The lowest BCUT2D eigenvalue weighted by atomic mass is 10.1. The quantitative estimate of drug-likeness (QED) is 0.384. The minimum atomic E-state index is -0.170. The number of rotatable bonds is 6. The minimum absolute atomic E-state index is 0.0355. The Morgan fingerprint density at radius 3 is 2.53 bits per heavy atom. The number of anilines is 2. The molecule has 0 unspecified atom stereocenters. The average molecular weight is 485 g/mol. The molecule has 1 amide bonds. The molecule has 0 spiro atoms. The Bertz CT molecular complexity index is 1470. The van der Waals surface area contributed by atoms with E-state index in [1.165, 1.54) is 17.4 Å². The number of pyridine rings is 1. The van der Waals surface area contributed by atoms with Gasteiger partial charge in [-0.2, -0.15) is 10.5 Å². The van der Waals surface area contributed by atoms with E-state index in [9.17, 15) is 10.1 Å². The number of nitriles is 2. The largest absolute Gasteiger partial charge is 0.383 e. The van der Waals surface area contributed by atoms with Gasteiger partial charge in [0.25, 0.3) is 0 Å². The van der Waals surface area contributed by atoms with Crippen LogP contribution in [0.3, 0.4) is 0 Å². The van der Waals surface area contributed by atoms with E-state index in [0.717, 1.165) is 38.7 Å². The summed E-state index contributed by atoms with van der Waals surface area (Å²) in [7, 11) is 0. The number of thioether (sulfide) groups is 1. The van der Waals surface area contributed by atoms with Gasteiger partial charge >= 0.3 is 0 Å². The Kier molecular flexibility index (Phi) is 6.78. The minimum Gasteiger partial charge on any atom is -0.383 e. The topological polar surface area (TPSA) is 120 Å². The van der Waals surface area contributed by atoms with E-state index in [2.05, 4.69) is 11.1 Å². The van der Waals surface area contributed by atoms with Crippen molar-refractivity contribution in [3.63, 3.8) is 0 Å². The summed E-state index contributed by atoms with van der Waals surface area (Å²) < 4.78 is 1.02. The second-order valence-electron chi connectivity index (χ2n) is 7.60. The van der Waals surface area contributed by atoms with Crippen LogP contribution in [0, 0.1) is 36.5 Å². The number of aryl methyl sites for hydroxylation is 2. The van der Waals surface area contributed by atoms with Gasteiger partial charge in [-0.1, -0.05) is 59.5 Å². The Labute approximate surface area is 205 Å². The fraction of sp³-hybridized carbons (Fsp3) is 0.160. The normalized spacial score (nSPS) is 10.6. The van der Waals surface area contributed by atoms with Crippen LogP contribution in [0.2, 0.25) is 0 Å². The molecule has 0 fully saturated rings. The van der Waals surface area contributed by atoms with E-state index >= 15 is 0 Å². The molecule has 34 heavy (non-hydrogen) atoms. The molecule has 0 aliphatic heterocycles. The van der Waals surface area contributed by atoms with Gasteiger partial charge in [-0.15, -0.1) is 0 Å². The van der Waals surface area contributed by atoms with Crippen LogP contribution in [0.25, 0.3) is 10.2 Å². The maximum absolute atomic E-state index is 13.4. The highest BCUT2D eigenvalue weighted by molar-refractivity contribution is 8.00. The Morgan fingerprint density at radius 1 is 1.09 bits per heavy atom. The Morgan fingerprint density at radius 2 is 1.82 bits per heavy atom. The molecular formula is C25H20N6OS2. The molecule has 9 heteroatoms. The van der Waals surface area contributed by atoms with Crippen molar-refractivity contribution in [2.24, 2.45) is 0 Å². The zero-order valence-electron chi connectivity index (χ0n) is 18.6. The molecule has 2 N–H and O–H groups in total. The van der Waals surface area contributed by atoms with Crippen molar-refractivity contribution in [1.82, 2.24) is 9.97 Å². The molecule has 7 nitrogen and oxygen atoms in total. The predicted molar refractivity (Wildman–Crippen MR) is 136 cm³/mol. The number of carbonyl (C=O) groups excluding carboxylic acids is 1. The van der Waals surface area contributed by atoms with Crippen LogP contribution in [0.4, 0.5) is 10.9 Å². The first-order valence-corrected chi connectivity index (χ1v) is 12.2. The fourth-order valence-corrected chi connectivity index (χ4v) is 5.24. The van der Waals surface area contributed by atoms with Crippen molar-refractivity contribution in [3.8, 4) is 12.1 Å². The SMILES string of the molecule is Cc1ccc2sc(N(Cc3ccccc3)C(=O)CSc3nc(N)c(C#N)cc3C#N)nc2c1C. The highest BCUT2D eigenvalue weighted by Crippen LogP contribution is 2.33. The summed E-state index contributed by atoms with van der Waals surface area (Å²) in [5.41, 5.74) is 10.3. The molecule has 0 saturated heterocycles. The summed E-state index contributed by atoms with van der Waals surface area (Å²) in [5, 5.41) is 19.5. The van der Waals surface area contributed by atoms with Crippen molar-refractivity contribution in [2.75, 3.05) is 16.4 Å². The van der Waals surface area contributed by atoms with E-state index in [-0.39, 0.29) is 28.6 Å². The second-order valence-corrected chi connectivity index (χ2v) is 9.58. The number of nitrogens with zero attached hydrogens (tertiary/aromatic N) is 5. The van der Waals surface area contributed by atoms with Crippen molar-refractivity contribution in [1.29, 1.82) is 10.5 Å². The molecule has 2 aromatic carbocycles. The molecule has 0 aliphatic rings. The smallest absolute Gasteiger partial charge is 0.239 e. The first kappa shape index (κ1) is 23.2. The third-order valence-electron chi connectivity index (χ3n) is 5.38. The Balaban J connectivity index is 1.66. The van der Waals surface area contributed by atoms with Crippen molar-refractivity contribution in [3.05, 3.63) is 76.3 Å². The summed E-state index contributed by atoms with van der Waals surface area (Å²) in [6.07, 6.45) is 0. The van der Waals surface area contributed by atoms with Crippen LogP contribution in [0.1, 0.15) is 27.8 Å². The number of hydrogen-bond acceptors (Lipinski definition) is 8. The number of amides is 1. The molecule has 0 saturated carbocycles. The van der Waals surface area contributed by atoms with E-state index in [4.69, 9.17) is 16.0 Å².